The molecule has 0 bridgehead atoms. The van der Waals surface area contributed by atoms with E-state index < -0.39 is 11.9 Å². The normalized spacial score (nSPS) is 19.9. The van der Waals surface area contributed by atoms with Crippen LogP contribution in [0.25, 0.3) is 0 Å². The van der Waals surface area contributed by atoms with Crippen LogP contribution in [0.5, 0.6) is 0 Å². The first-order valence-electron chi connectivity index (χ1n) is 4.93. The molecule has 0 aromatic carbocycles. The lowest BCUT2D eigenvalue weighted by molar-refractivity contribution is -0.117. The number of hydrogen-bond donors (Lipinski definition) is 2. The third kappa shape index (κ3) is 4.99. The maximum Gasteiger partial charge on any atom is 0.321 e. The largest absolute Gasteiger partial charge is 0.381 e. The molecule has 1 saturated heterocycles. The van der Waals surface area contributed by atoms with Gasteiger partial charge in [0.1, 0.15) is 5.88 Å². The molecule has 2 N–H and O–H groups in total. The van der Waals surface area contributed by atoms with Crippen LogP contribution in [0.15, 0.2) is 0 Å². The summed E-state index contributed by atoms with van der Waals surface area (Å²) in [5.74, 6) is -0.170. The number of alkyl halides is 1. The summed E-state index contributed by atoms with van der Waals surface area (Å²) in [6, 6.07) is -0.487. The minimum Gasteiger partial charge on any atom is -0.381 e. The Morgan fingerprint density at radius 3 is 2.87 bits per heavy atom. The summed E-state index contributed by atoms with van der Waals surface area (Å²) in [4.78, 5) is 21.8. The zero-order valence-electron chi connectivity index (χ0n) is 8.42. The van der Waals surface area contributed by atoms with Crippen LogP contribution in [0.3, 0.4) is 0 Å². The third-order valence-electron chi connectivity index (χ3n) is 2.24. The van der Waals surface area contributed by atoms with E-state index in [1.54, 1.807) is 0 Å². The van der Waals surface area contributed by atoms with E-state index in [9.17, 15) is 9.59 Å². The minimum atomic E-state index is -0.488. The SMILES string of the molecule is O=C(CCl)NC(=O)NCCC1CCOC1. The molecule has 0 aromatic heterocycles. The van der Waals surface area contributed by atoms with Crippen molar-refractivity contribution in [3.63, 3.8) is 0 Å². The Kier molecular flexibility index (Phi) is 5.42. The topological polar surface area (TPSA) is 67.4 Å². The van der Waals surface area contributed by atoms with Crippen LogP contribution in [0.2, 0.25) is 0 Å². The Labute approximate surface area is 93.5 Å². The lowest BCUT2D eigenvalue weighted by Crippen LogP contribution is -2.40. The van der Waals surface area contributed by atoms with Gasteiger partial charge in [-0.15, -0.1) is 11.6 Å². The first-order chi connectivity index (χ1) is 7.22. The second kappa shape index (κ2) is 6.63. The van der Waals surface area contributed by atoms with Gasteiger partial charge in [0, 0.05) is 19.8 Å². The molecule has 6 heteroatoms. The van der Waals surface area contributed by atoms with Crippen LogP contribution < -0.4 is 10.6 Å². The van der Waals surface area contributed by atoms with E-state index in [0.717, 1.165) is 26.1 Å². The fourth-order valence-corrected chi connectivity index (χ4v) is 1.47. The van der Waals surface area contributed by atoms with E-state index in [2.05, 4.69) is 10.6 Å². The molecular weight excluding hydrogens is 220 g/mol. The summed E-state index contributed by atoms with van der Waals surface area (Å²) >= 11 is 5.23. The fraction of sp³-hybridized carbons (Fsp3) is 0.778. The van der Waals surface area contributed by atoms with Gasteiger partial charge in [0.05, 0.1) is 0 Å². The van der Waals surface area contributed by atoms with Crippen molar-refractivity contribution >= 4 is 23.5 Å². The Bertz CT molecular complexity index is 229. The van der Waals surface area contributed by atoms with E-state index in [0.29, 0.717) is 12.5 Å². The van der Waals surface area contributed by atoms with Gasteiger partial charge in [-0.3, -0.25) is 10.1 Å². The summed E-state index contributed by atoms with van der Waals surface area (Å²) in [6.07, 6.45) is 1.92. The molecule has 1 aliphatic heterocycles. The van der Waals surface area contributed by atoms with Crippen LogP contribution in [0.1, 0.15) is 12.8 Å². The van der Waals surface area contributed by atoms with Crippen LogP contribution in [-0.4, -0.2) is 37.6 Å². The number of carbonyl (C=O) groups excluding carboxylic acids is 2. The number of rotatable bonds is 4. The predicted octanol–water partition coefficient (Wildman–Crippen LogP) is 0.478. The first kappa shape index (κ1) is 12.3. The van der Waals surface area contributed by atoms with Gasteiger partial charge in [-0.1, -0.05) is 0 Å². The molecule has 15 heavy (non-hydrogen) atoms. The molecule has 0 aromatic rings. The molecule has 0 radical (unpaired) electrons. The van der Waals surface area contributed by atoms with Gasteiger partial charge in [-0.25, -0.2) is 4.79 Å². The van der Waals surface area contributed by atoms with Gasteiger partial charge < -0.3 is 10.1 Å². The molecule has 3 amide bonds. The summed E-state index contributed by atoms with van der Waals surface area (Å²) in [7, 11) is 0. The number of carbonyl (C=O) groups is 2. The highest BCUT2D eigenvalue weighted by Gasteiger charge is 2.15. The highest BCUT2D eigenvalue weighted by molar-refractivity contribution is 6.28. The molecule has 0 saturated carbocycles. The van der Waals surface area contributed by atoms with Gasteiger partial charge in [-0.05, 0) is 18.8 Å². The van der Waals surface area contributed by atoms with E-state index in [1.807, 2.05) is 0 Å². The van der Waals surface area contributed by atoms with Gasteiger partial charge in [0.2, 0.25) is 5.91 Å². The molecule has 1 heterocycles. The third-order valence-corrected chi connectivity index (χ3v) is 2.48. The molecular formula is C9H15ClN2O3. The minimum absolute atomic E-state index is 0.204. The first-order valence-corrected chi connectivity index (χ1v) is 5.47. The van der Waals surface area contributed by atoms with Crippen LogP contribution in [-0.2, 0) is 9.53 Å². The second-order valence-electron chi connectivity index (χ2n) is 3.46. The number of hydrogen-bond acceptors (Lipinski definition) is 3. The predicted molar refractivity (Wildman–Crippen MR) is 55.8 cm³/mol. The maximum absolute atomic E-state index is 11.1. The highest BCUT2D eigenvalue weighted by Crippen LogP contribution is 2.14. The van der Waals surface area contributed by atoms with Crippen molar-refractivity contribution in [3.05, 3.63) is 0 Å². The van der Waals surface area contributed by atoms with E-state index in [-0.39, 0.29) is 5.88 Å². The maximum atomic E-state index is 11.1. The van der Waals surface area contributed by atoms with Crippen LogP contribution in [0, 0.1) is 5.92 Å². The van der Waals surface area contributed by atoms with Crippen molar-refractivity contribution in [3.8, 4) is 0 Å². The molecule has 0 spiro atoms. The van der Waals surface area contributed by atoms with Crippen molar-refractivity contribution in [2.45, 2.75) is 12.8 Å². The quantitative estimate of drug-likeness (QED) is 0.696. The zero-order valence-corrected chi connectivity index (χ0v) is 9.18. The molecule has 86 valence electrons. The van der Waals surface area contributed by atoms with Gasteiger partial charge in [0.25, 0.3) is 0 Å². The number of halogens is 1. The molecule has 1 atom stereocenters. The number of ether oxygens (including phenoxy) is 1. The van der Waals surface area contributed by atoms with Gasteiger partial charge in [0.15, 0.2) is 0 Å². The monoisotopic (exact) mass is 234 g/mol. The molecule has 1 aliphatic rings. The Hall–Kier alpha value is -0.810. The van der Waals surface area contributed by atoms with E-state index >= 15 is 0 Å². The van der Waals surface area contributed by atoms with Crippen molar-refractivity contribution < 1.29 is 14.3 Å². The van der Waals surface area contributed by atoms with Crippen molar-refractivity contribution in [1.82, 2.24) is 10.6 Å². The molecule has 1 rings (SSSR count). The zero-order chi connectivity index (χ0) is 11.1. The van der Waals surface area contributed by atoms with Crippen molar-refractivity contribution in [2.75, 3.05) is 25.6 Å². The summed E-state index contributed by atoms with van der Waals surface area (Å²) in [5.41, 5.74) is 0. The van der Waals surface area contributed by atoms with E-state index in [1.165, 1.54) is 0 Å². The summed E-state index contributed by atoms with van der Waals surface area (Å²) in [6.45, 7) is 2.13. The summed E-state index contributed by atoms with van der Waals surface area (Å²) < 4.78 is 5.20. The molecule has 1 unspecified atom stereocenters. The summed E-state index contributed by atoms with van der Waals surface area (Å²) in [5, 5.41) is 4.69. The number of nitrogens with one attached hydrogen (secondary N) is 2. The number of imide groups is 1. The number of amides is 3. The standard InChI is InChI=1S/C9H15ClN2O3/c10-5-8(13)12-9(14)11-3-1-7-2-4-15-6-7/h7H,1-6H2,(H2,11,12,13,14). The van der Waals surface area contributed by atoms with Crippen LogP contribution in [0.4, 0.5) is 4.79 Å². The lowest BCUT2D eigenvalue weighted by atomic mass is 10.1. The fourth-order valence-electron chi connectivity index (χ4n) is 1.41. The Morgan fingerprint density at radius 1 is 1.47 bits per heavy atom. The van der Waals surface area contributed by atoms with Gasteiger partial charge >= 0.3 is 6.03 Å². The van der Waals surface area contributed by atoms with Gasteiger partial charge in [-0.2, -0.15) is 0 Å². The molecule has 5 nitrogen and oxygen atoms in total. The van der Waals surface area contributed by atoms with E-state index in [4.69, 9.17) is 16.3 Å². The highest BCUT2D eigenvalue weighted by atomic mass is 35.5. The Morgan fingerprint density at radius 2 is 2.27 bits per heavy atom. The van der Waals surface area contributed by atoms with Crippen molar-refractivity contribution in [2.24, 2.45) is 5.92 Å². The van der Waals surface area contributed by atoms with Crippen molar-refractivity contribution in [1.29, 1.82) is 0 Å². The molecule has 1 fully saturated rings. The molecule has 0 aliphatic carbocycles. The average molecular weight is 235 g/mol. The smallest absolute Gasteiger partial charge is 0.321 e. The lowest BCUT2D eigenvalue weighted by Gasteiger charge is -2.08. The number of urea groups is 1. The Balaban J connectivity index is 2.03. The second-order valence-corrected chi connectivity index (χ2v) is 3.72. The van der Waals surface area contributed by atoms with Crippen LogP contribution >= 0.6 is 11.6 Å². The average Bonchev–Trinajstić information content (AvgIpc) is 2.70.